The summed E-state index contributed by atoms with van der Waals surface area (Å²) in [4.78, 5) is 20.1. The molecule has 0 amide bonds. The maximum absolute atomic E-state index is 14.5. The van der Waals surface area contributed by atoms with Crippen LogP contribution in [0.3, 0.4) is 0 Å². The van der Waals surface area contributed by atoms with Crippen molar-refractivity contribution < 1.29 is 8.78 Å². The Morgan fingerprint density at radius 2 is 1.56 bits per heavy atom. The monoisotopic (exact) mass is 376 g/mol. The lowest BCUT2D eigenvalue weighted by Crippen LogP contribution is -2.39. The van der Waals surface area contributed by atoms with Crippen LogP contribution < -0.4 is 9.80 Å². The van der Waals surface area contributed by atoms with Crippen LogP contribution in [0.1, 0.15) is 38.1 Å². The van der Waals surface area contributed by atoms with E-state index in [0.29, 0.717) is 48.3 Å². The molecule has 27 heavy (non-hydrogen) atoms. The Labute approximate surface area is 158 Å². The number of hydrogen-bond acceptors (Lipinski definition) is 6. The molecule has 0 atom stereocenters. The summed E-state index contributed by atoms with van der Waals surface area (Å²) in [5.41, 5.74) is 0.889. The zero-order valence-corrected chi connectivity index (χ0v) is 16.1. The molecule has 0 radical (unpaired) electrons. The van der Waals surface area contributed by atoms with Crippen molar-refractivity contribution in [1.29, 1.82) is 0 Å². The summed E-state index contributed by atoms with van der Waals surface area (Å²) >= 11 is 0. The van der Waals surface area contributed by atoms with Crippen molar-refractivity contribution in [3.63, 3.8) is 0 Å². The van der Waals surface area contributed by atoms with Crippen molar-refractivity contribution in [3.05, 3.63) is 35.7 Å². The average molecular weight is 376 g/mol. The zero-order chi connectivity index (χ0) is 19.4. The van der Waals surface area contributed by atoms with Gasteiger partial charge in [-0.05, 0) is 31.6 Å². The average Bonchev–Trinajstić information content (AvgIpc) is 2.69. The Balaban J connectivity index is 1.62. The van der Waals surface area contributed by atoms with E-state index in [9.17, 15) is 8.78 Å². The van der Waals surface area contributed by atoms with Gasteiger partial charge in [0.15, 0.2) is 23.3 Å². The molecule has 0 saturated carbocycles. The number of nitrogens with zero attached hydrogens (tertiary/aromatic N) is 6. The minimum absolute atomic E-state index is 0.314. The normalized spacial score (nSPS) is 15.2. The summed E-state index contributed by atoms with van der Waals surface area (Å²) in [6.07, 6.45) is 5.72. The van der Waals surface area contributed by atoms with Crippen LogP contribution in [0.25, 0.3) is 0 Å². The Morgan fingerprint density at radius 3 is 2.19 bits per heavy atom. The van der Waals surface area contributed by atoms with Crippen LogP contribution in [0, 0.1) is 17.6 Å². The first-order valence-corrected chi connectivity index (χ1v) is 9.49. The molecule has 0 aliphatic carbocycles. The largest absolute Gasteiger partial charge is 0.357 e. The molecule has 0 unspecified atom stereocenters. The lowest BCUT2D eigenvalue weighted by atomic mass is 9.96. The highest BCUT2D eigenvalue weighted by atomic mass is 19.1. The molecule has 0 N–H and O–H groups in total. The number of piperidine rings is 1. The summed E-state index contributed by atoms with van der Waals surface area (Å²) in [6, 6.07) is 0. The first-order chi connectivity index (χ1) is 13.0. The van der Waals surface area contributed by atoms with E-state index in [1.807, 2.05) is 30.7 Å². The fourth-order valence-electron chi connectivity index (χ4n) is 3.57. The Morgan fingerprint density at radius 1 is 0.963 bits per heavy atom. The third-order valence-electron chi connectivity index (χ3n) is 5.16. The molecule has 1 aliphatic heterocycles. The van der Waals surface area contributed by atoms with Gasteiger partial charge in [0, 0.05) is 26.7 Å². The van der Waals surface area contributed by atoms with E-state index in [-0.39, 0.29) is 11.6 Å². The summed E-state index contributed by atoms with van der Waals surface area (Å²) in [5, 5.41) is 0. The number of aryl methyl sites for hydroxylation is 2. The molecule has 1 aliphatic rings. The standard InChI is InChI=1S/C19H26F2N6/c1-4-14-16(20)18(24-11-22-14)26(3)10-13-6-8-27(9-7-13)19-17(21)15(5-2)23-12-25-19/h11-13H,4-10H2,1-3H3. The van der Waals surface area contributed by atoms with Gasteiger partial charge in [-0.25, -0.2) is 28.7 Å². The molecule has 0 aromatic carbocycles. The van der Waals surface area contributed by atoms with Gasteiger partial charge in [-0.2, -0.15) is 0 Å². The Bertz CT molecular complexity index is 777. The number of rotatable bonds is 6. The molecule has 2 aromatic heterocycles. The van der Waals surface area contributed by atoms with Crippen molar-refractivity contribution >= 4 is 11.6 Å². The van der Waals surface area contributed by atoms with Gasteiger partial charge in [0.2, 0.25) is 0 Å². The molecule has 3 rings (SSSR count). The molecule has 0 spiro atoms. The maximum atomic E-state index is 14.5. The van der Waals surface area contributed by atoms with Crippen LogP contribution in [-0.2, 0) is 12.8 Å². The van der Waals surface area contributed by atoms with Crippen molar-refractivity contribution in [2.75, 3.05) is 36.5 Å². The Hall–Kier alpha value is -2.38. The zero-order valence-electron chi connectivity index (χ0n) is 16.1. The lowest BCUT2D eigenvalue weighted by Gasteiger charge is -2.35. The smallest absolute Gasteiger partial charge is 0.187 e. The molecule has 8 heteroatoms. The molecule has 2 aromatic rings. The predicted molar refractivity (Wildman–Crippen MR) is 101 cm³/mol. The molecule has 6 nitrogen and oxygen atoms in total. The van der Waals surface area contributed by atoms with Gasteiger partial charge in [-0.15, -0.1) is 0 Å². The predicted octanol–water partition coefficient (Wildman–Crippen LogP) is 3.02. The summed E-state index contributed by atoms with van der Waals surface area (Å²) < 4.78 is 28.9. The molecular weight excluding hydrogens is 350 g/mol. The van der Waals surface area contributed by atoms with Gasteiger partial charge in [0.25, 0.3) is 0 Å². The summed E-state index contributed by atoms with van der Waals surface area (Å²) in [7, 11) is 1.86. The van der Waals surface area contributed by atoms with Crippen LogP contribution in [0.2, 0.25) is 0 Å². The lowest BCUT2D eigenvalue weighted by molar-refractivity contribution is 0.401. The van der Waals surface area contributed by atoms with Crippen molar-refractivity contribution in [2.24, 2.45) is 5.92 Å². The van der Waals surface area contributed by atoms with Crippen molar-refractivity contribution in [3.8, 4) is 0 Å². The van der Waals surface area contributed by atoms with E-state index in [2.05, 4.69) is 19.9 Å². The fraction of sp³-hybridized carbons (Fsp3) is 0.579. The second-order valence-corrected chi connectivity index (χ2v) is 6.93. The topological polar surface area (TPSA) is 58.0 Å². The quantitative estimate of drug-likeness (QED) is 0.772. The highest BCUT2D eigenvalue weighted by molar-refractivity contribution is 5.42. The molecule has 3 heterocycles. The van der Waals surface area contributed by atoms with Crippen LogP contribution in [-0.4, -0.2) is 46.6 Å². The van der Waals surface area contributed by atoms with Crippen LogP contribution in [0.4, 0.5) is 20.4 Å². The number of aromatic nitrogens is 4. The molecular formula is C19H26F2N6. The second kappa shape index (κ2) is 8.54. The van der Waals surface area contributed by atoms with E-state index in [1.54, 1.807) is 0 Å². The van der Waals surface area contributed by atoms with E-state index < -0.39 is 0 Å². The SMILES string of the molecule is CCc1ncnc(N(C)CC2CCN(c3ncnc(CC)c3F)CC2)c1F. The van der Waals surface area contributed by atoms with Crippen LogP contribution in [0.15, 0.2) is 12.7 Å². The minimum Gasteiger partial charge on any atom is -0.357 e. The van der Waals surface area contributed by atoms with E-state index in [0.717, 1.165) is 25.9 Å². The molecule has 0 bridgehead atoms. The van der Waals surface area contributed by atoms with Gasteiger partial charge in [0.05, 0.1) is 11.4 Å². The van der Waals surface area contributed by atoms with Gasteiger partial charge < -0.3 is 9.80 Å². The summed E-state index contributed by atoms with van der Waals surface area (Å²) in [6.45, 7) is 5.91. The number of hydrogen-bond donors (Lipinski definition) is 0. The van der Waals surface area contributed by atoms with Crippen LogP contribution >= 0.6 is 0 Å². The highest BCUT2D eigenvalue weighted by Crippen LogP contribution is 2.26. The summed E-state index contributed by atoms with van der Waals surface area (Å²) in [5.74, 6) is 0.476. The van der Waals surface area contributed by atoms with E-state index in [1.165, 1.54) is 12.7 Å². The van der Waals surface area contributed by atoms with Gasteiger partial charge in [0.1, 0.15) is 12.7 Å². The molecule has 1 fully saturated rings. The minimum atomic E-state index is -0.338. The Kier molecular flexibility index (Phi) is 6.13. The van der Waals surface area contributed by atoms with E-state index >= 15 is 0 Å². The maximum Gasteiger partial charge on any atom is 0.187 e. The third kappa shape index (κ3) is 4.14. The third-order valence-corrected chi connectivity index (χ3v) is 5.16. The highest BCUT2D eigenvalue weighted by Gasteiger charge is 2.25. The second-order valence-electron chi connectivity index (χ2n) is 6.93. The fourth-order valence-corrected chi connectivity index (χ4v) is 3.57. The number of halogens is 2. The first kappa shape index (κ1) is 19.4. The van der Waals surface area contributed by atoms with Crippen molar-refractivity contribution in [1.82, 2.24) is 19.9 Å². The number of anilines is 2. The van der Waals surface area contributed by atoms with Gasteiger partial charge in [-0.1, -0.05) is 13.8 Å². The van der Waals surface area contributed by atoms with Gasteiger partial charge in [-0.3, -0.25) is 0 Å². The first-order valence-electron chi connectivity index (χ1n) is 9.49. The van der Waals surface area contributed by atoms with E-state index in [4.69, 9.17) is 0 Å². The van der Waals surface area contributed by atoms with Crippen molar-refractivity contribution in [2.45, 2.75) is 39.5 Å². The van der Waals surface area contributed by atoms with Gasteiger partial charge >= 0.3 is 0 Å². The molecule has 146 valence electrons. The van der Waals surface area contributed by atoms with Crippen LogP contribution in [0.5, 0.6) is 0 Å². The molecule has 1 saturated heterocycles.